The fourth-order valence-electron chi connectivity index (χ4n) is 3.29. The molecule has 5 heteroatoms. The van der Waals surface area contributed by atoms with E-state index in [0.717, 1.165) is 25.7 Å². The maximum absolute atomic E-state index is 12.7. The second kappa shape index (κ2) is 6.58. The van der Waals surface area contributed by atoms with E-state index in [9.17, 15) is 10.1 Å². The minimum absolute atomic E-state index is 0.0657. The standard InChI is InChI=1S/C17H20ClN3O/c18-13-4-3-7-16(10-13)20(12-19)11-17(22)21(15-8-9-15)14-5-1-2-6-14/h3-4,7,10,14-15H,1-2,5-6,8-9,11H2. The first-order valence-corrected chi connectivity index (χ1v) is 8.31. The van der Waals surface area contributed by atoms with Gasteiger partial charge in [0, 0.05) is 17.1 Å². The first-order chi connectivity index (χ1) is 10.7. The lowest BCUT2D eigenvalue weighted by Crippen LogP contribution is -2.45. The lowest BCUT2D eigenvalue weighted by atomic mass is 10.2. The lowest BCUT2D eigenvalue weighted by Gasteiger charge is -2.30. The van der Waals surface area contributed by atoms with E-state index in [2.05, 4.69) is 11.1 Å². The van der Waals surface area contributed by atoms with Crippen LogP contribution in [0.2, 0.25) is 5.02 Å². The molecule has 22 heavy (non-hydrogen) atoms. The van der Waals surface area contributed by atoms with Gasteiger partial charge in [-0.1, -0.05) is 30.5 Å². The third kappa shape index (κ3) is 3.36. The molecular weight excluding hydrogens is 298 g/mol. The van der Waals surface area contributed by atoms with E-state index in [4.69, 9.17) is 11.6 Å². The highest BCUT2D eigenvalue weighted by molar-refractivity contribution is 6.30. The van der Waals surface area contributed by atoms with E-state index in [1.54, 1.807) is 24.3 Å². The smallest absolute Gasteiger partial charge is 0.243 e. The van der Waals surface area contributed by atoms with Gasteiger partial charge in [-0.15, -0.1) is 0 Å². The van der Waals surface area contributed by atoms with Crippen LogP contribution in [-0.4, -0.2) is 29.4 Å². The molecule has 0 N–H and O–H groups in total. The van der Waals surface area contributed by atoms with E-state index in [0.29, 0.717) is 22.8 Å². The molecule has 0 bridgehead atoms. The minimum atomic E-state index is 0.0657. The summed E-state index contributed by atoms with van der Waals surface area (Å²) in [5.41, 5.74) is 0.672. The Hall–Kier alpha value is -1.73. The summed E-state index contributed by atoms with van der Waals surface area (Å²) in [7, 11) is 0. The molecule has 1 amide bonds. The largest absolute Gasteiger partial charge is 0.335 e. The summed E-state index contributed by atoms with van der Waals surface area (Å²) in [5.74, 6) is 0.0657. The first-order valence-electron chi connectivity index (χ1n) is 7.93. The summed E-state index contributed by atoms with van der Waals surface area (Å²) < 4.78 is 0. The van der Waals surface area contributed by atoms with E-state index < -0.39 is 0 Å². The van der Waals surface area contributed by atoms with Gasteiger partial charge in [-0.3, -0.25) is 9.69 Å². The van der Waals surface area contributed by atoms with Crippen LogP contribution in [0.3, 0.4) is 0 Å². The second-order valence-corrected chi connectivity index (χ2v) is 6.57. The SMILES string of the molecule is N#CN(CC(=O)N(C1CCCC1)C1CC1)c1cccc(Cl)c1. The summed E-state index contributed by atoms with van der Waals surface area (Å²) in [5, 5.41) is 9.95. The van der Waals surface area contributed by atoms with Gasteiger partial charge >= 0.3 is 0 Å². The van der Waals surface area contributed by atoms with Crippen LogP contribution in [0, 0.1) is 11.5 Å². The average molecular weight is 318 g/mol. The fraction of sp³-hybridized carbons (Fsp3) is 0.529. The Morgan fingerprint density at radius 3 is 2.50 bits per heavy atom. The molecule has 2 fully saturated rings. The molecule has 0 unspecified atom stereocenters. The third-order valence-electron chi connectivity index (χ3n) is 4.48. The van der Waals surface area contributed by atoms with Crippen molar-refractivity contribution >= 4 is 23.2 Å². The molecule has 2 saturated carbocycles. The van der Waals surface area contributed by atoms with Crippen LogP contribution in [0.5, 0.6) is 0 Å². The van der Waals surface area contributed by atoms with Crippen LogP contribution in [0.15, 0.2) is 24.3 Å². The molecule has 2 aliphatic carbocycles. The van der Waals surface area contributed by atoms with Crippen molar-refractivity contribution in [3.8, 4) is 6.19 Å². The number of halogens is 1. The average Bonchev–Trinajstić information content (AvgIpc) is 3.19. The van der Waals surface area contributed by atoms with E-state index in [1.807, 2.05) is 0 Å². The van der Waals surface area contributed by atoms with Crippen molar-refractivity contribution in [2.75, 3.05) is 11.4 Å². The number of amides is 1. The Labute approximate surface area is 136 Å². The van der Waals surface area contributed by atoms with Crippen molar-refractivity contribution in [2.45, 2.75) is 50.6 Å². The Balaban J connectivity index is 1.72. The number of hydrogen-bond donors (Lipinski definition) is 0. The van der Waals surface area contributed by atoms with E-state index >= 15 is 0 Å². The number of carbonyl (C=O) groups excluding carboxylic acids is 1. The Kier molecular flexibility index (Phi) is 4.54. The Bertz CT molecular complexity index is 588. The molecule has 0 heterocycles. The van der Waals surface area contributed by atoms with Crippen molar-refractivity contribution in [3.63, 3.8) is 0 Å². The molecule has 116 valence electrons. The number of nitrogens with zero attached hydrogens (tertiary/aromatic N) is 3. The normalized spacial score (nSPS) is 18.0. The lowest BCUT2D eigenvalue weighted by molar-refractivity contribution is -0.132. The van der Waals surface area contributed by atoms with Crippen molar-refractivity contribution in [1.82, 2.24) is 4.90 Å². The van der Waals surface area contributed by atoms with Crippen LogP contribution >= 0.6 is 11.6 Å². The van der Waals surface area contributed by atoms with Gasteiger partial charge in [0.05, 0.1) is 5.69 Å². The van der Waals surface area contributed by atoms with Gasteiger partial charge in [-0.2, -0.15) is 5.26 Å². The molecule has 4 nitrogen and oxygen atoms in total. The third-order valence-corrected chi connectivity index (χ3v) is 4.72. The maximum Gasteiger partial charge on any atom is 0.243 e. The molecule has 3 rings (SSSR count). The summed E-state index contributed by atoms with van der Waals surface area (Å²) >= 11 is 5.98. The molecule has 0 spiro atoms. The first kappa shape index (κ1) is 15.2. The molecule has 2 aliphatic rings. The molecule has 0 saturated heterocycles. The van der Waals surface area contributed by atoms with Gasteiger partial charge in [0.15, 0.2) is 6.19 Å². The Morgan fingerprint density at radius 2 is 1.91 bits per heavy atom. The van der Waals surface area contributed by atoms with Crippen LogP contribution in [0.1, 0.15) is 38.5 Å². The molecule has 1 aromatic rings. The van der Waals surface area contributed by atoms with Gasteiger partial charge in [-0.25, -0.2) is 0 Å². The zero-order chi connectivity index (χ0) is 15.5. The summed E-state index contributed by atoms with van der Waals surface area (Å²) in [6.45, 7) is 0.101. The summed E-state index contributed by atoms with van der Waals surface area (Å²) in [6.07, 6.45) is 8.93. The van der Waals surface area contributed by atoms with Gasteiger partial charge in [0.1, 0.15) is 6.54 Å². The monoisotopic (exact) mass is 317 g/mol. The minimum Gasteiger partial charge on any atom is -0.335 e. The second-order valence-electron chi connectivity index (χ2n) is 6.14. The fourth-order valence-corrected chi connectivity index (χ4v) is 3.47. The van der Waals surface area contributed by atoms with Gasteiger partial charge in [0.25, 0.3) is 0 Å². The van der Waals surface area contributed by atoms with Crippen molar-refractivity contribution in [2.24, 2.45) is 0 Å². The van der Waals surface area contributed by atoms with Crippen LogP contribution in [-0.2, 0) is 4.79 Å². The highest BCUT2D eigenvalue weighted by Crippen LogP contribution is 2.34. The van der Waals surface area contributed by atoms with Gasteiger partial charge < -0.3 is 4.90 Å². The Morgan fingerprint density at radius 1 is 1.23 bits per heavy atom. The zero-order valence-corrected chi connectivity index (χ0v) is 13.3. The van der Waals surface area contributed by atoms with Crippen molar-refractivity contribution in [1.29, 1.82) is 5.26 Å². The highest BCUT2D eigenvalue weighted by atomic mass is 35.5. The van der Waals surface area contributed by atoms with Gasteiger partial charge in [0.2, 0.25) is 5.91 Å². The van der Waals surface area contributed by atoms with E-state index in [1.165, 1.54) is 17.7 Å². The topological polar surface area (TPSA) is 47.3 Å². The molecule has 1 aromatic carbocycles. The van der Waals surface area contributed by atoms with Gasteiger partial charge in [-0.05, 0) is 43.9 Å². The van der Waals surface area contributed by atoms with Crippen LogP contribution < -0.4 is 4.90 Å². The summed E-state index contributed by atoms with van der Waals surface area (Å²) in [6, 6.07) is 7.85. The predicted octanol–water partition coefficient (Wildman–Crippen LogP) is 3.56. The quantitative estimate of drug-likeness (QED) is 0.616. The molecule has 0 aromatic heterocycles. The molecule has 0 radical (unpaired) electrons. The predicted molar refractivity (Wildman–Crippen MR) is 86.5 cm³/mol. The molecular formula is C17H20ClN3O. The van der Waals surface area contributed by atoms with Crippen LogP contribution in [0.4, 0.5) is 5.69 Å². The maximum atomic E-state index is 12.7. The number of anilines is 1. The highest BCUT2D eigenvalue weighted by Gasteiger charge is 2.38. The van der Waals surface area contributed by atoms with Crippen LogP contribution in [0.25, 0.3) is 0 Å². The number of hydrogen-bond acceptors (Lipinski definition) is 3. The van der Waals surface area contributed by atoms with Crippen molar-refractivity contribution in [3.05, 3.63) is 29.3 Å². The number of rotatable bonds is 5. The molecule has 0 atom stereocenters. The summed E-state index contributed by atoms with van der Waals surface area (Å²) in [4.78, 5) is 16.2. The number of nitriles is 1. The number of benzene rings is 1. The number of carbonyl (C=O) groups is 1. The van der Waals surface area contributed by atoms with Crippen molar-refractivity contribution < 1.29 is 4.79 Å². The molecule has 0 aliphatic heterocycles. The zero-order valence-electron chi connectivity index (χ0n) is 12.5. The van der Waals surface area contributed by atoms with E-state index in [-0.39, 0.29) is 12.5 Å².